The summed E-state index contributed by atoms with van der Waals surface area (Å²) in [4.78, 5) is 4.34. The molecule has 1 aromatic heterocycles. The number of pyridine rings is 1. The molecule has 0 radical (unpaired) electrons. The zero-order valence-corrected chi connectivity index (χ0v) is 7.38. The molecule has 2 heteroatoms. The van der Waals surface area contributed by atoms with Gasteiger partial charge >= 0.3 is 0 Å². The molecule has 1 heterocycles. The van der Waals surface area contributed by atoms with E-state index in [1.165, 1.54) is 0 Å². The van der Waals surface area contributed by atoms with Crippen LogP contribution in [0.5, 0.6) is 0 Å². The number of hydrogen-bond acceptors (Lipinski definition) is 2. The molecule has 0 fully saturated rings. The first-order chi connectivity index (χ1) is 5.74. The summed E-state index contributed by atoms with van der Waals surface area (Å²) >= 11 is 0. The fourth-order valence-corrected chi connectivity index (χ4v) is 1.04. The largest absolute Gasteiger partial charge is 0.330 e. The number of hydrogen-bond donors (Lipinski definition) is 1. The molecule has 0 saturated heterocycles. The van der Waals surface area contributed by atoms with Crippen molar-refractivity contribution in [1.82, 2.24) is 4.98 Å². The molecular weight excluding hydrogens is 148 g/mol. The van der Waals surface area contributed by atoms with Gasteiger partial charge in [0.15, 0.2) is 0 Å². The summed E-state index contributed by atoms with van der Waals surface area (Å²) in [6.07, 6.45) is 0.816. The maximum atomic E-state index is 5.42. The second-order valence-electron chi connectivity index (χ2n) is 2.81. The second-order valence-corrected chi connectivity index (χ2v) is 2.81. The van der Waals surface area contributed by atoms with Gasteiger partial charge in [0.25, 0.3) is 0 Å². The van der Waals surface area contributed by atoms with Gasteiger partial charge in [-0.25, -0.2) is 0 Å². The van der Waals surface area contributed by atoms with Gasteiger partial charge in [-0.15, -0.1) is 0 Å². The van der Waals surface area contributed by atoms with Crippen LogP contribution in [-0.4, -0.2) is 11.5 Å². The molecule has 0 spiro atoms. The van der Waals surface area contributed by atoms with Crippen molar-refractivity contribution in [2.45, 2.75) is 13.3 Å². The lowest BCUT2D eigenvalue weighted by Crippen LogP contribution is -2.00. The fraction of sp³-hybridized carbons (Fsp3) is 0.300. The molecule has 0 aliphatic rings. The summed E-state index contributed by atoms with van der Waals surface area (Å²) in [5.74, 6) is 0. The molecule has 1 rings (SSSR count). The van der Waals surface area contributed by atoms with E-state index in [2.05, 4.69) is 11.6 Å². The van der Waals surface area contributed by atoms with Gasteiger partial charge in [0.05, 0.1) is 5.69 Å². The molecule has 0 bridgehead atoms. The molecule has 0 aliphatic carbocycles. The Morgan fingerprint density at radius 3 is 2.92 bits per heavy atom. The Balaban J connectivity index is 2.81. The Morgan fingerprint density at radius 2 is 2.33 bits per heavy atom. The molecule has 0 aromatic carbocycles. The van der Waals surface area contributed by atoms with Crippen LogP contribution in [0.4, 0.5) is 0 Å². The van der Waals surface area contributed by atoms with Crippen molar-refractivity contribution in [2.75, 3.05) is 6.54 Å². The highest BCUT2D eigenvalue weighted by Crippen LogP contribution is 2.12. The van der Waals surface area contributed by atoms with Gasteiger partial charge in [-0.2, -0.15) is 0 Å². The van der Waals surface area contributed by atoms with E-state index in [-0.39, 0.29) is 0 Å². The monoisotopic (exact) mass is 162 g/mol. The third kappa shape index (κ3) is 2.17. The molecule has 0 unspecified atom stereocenters. The number of nitrogens with two attached hydrogens (primary N) is 1. The van der Waals surface area contributed by atoms with Gasteiger partial charge in [-0.1, -0.05) is 12.6 Å². The normalized spacial score (nSPS) is 9.83. The molecule has 2 N–H and O–H groups in total. The maximum Gasteiger partial charge on any atom is 0.0659 e. The van der Waals surface area contributed by atoms with Crippen LogP contribution in [0, 0.1) is 6.92 Å². The van der Waals surface area contributed by atoms with E-state index >= 15 is 0 Å². The summed E-state index contributed by atoms with van der Waals surface area (Å²) in [5, 5.41) is 0. The number of nitrogens with zero attached hydrogens (tertiary/aromatic N) is 1. The van der Waals surface area contributed by atoms with Crippen molar-refractivity contribution in [2.24, 2.45) is 5.73 Å². The van der Waals surface area contributed by atoms with E-state index in [1.807, 2.05) is 25.1 Å². The average molecular weight is 162 g/mol. The van der Waals surface area contributed by atoms with Crippen LogP contribution < -0.4 is 5.73 Å². The minimum Gasteiger partial charge on any atom is -0.330 e. The highest BCUT2D eigenvalue weighted by atomic mass is 14.7. The molecule has 12 heavy (non-hydrogen) atoms. The summed E-state index contributed by atoms with van der Waals surface area (Å²) in [6.45, 7) is 6.52. The van der Waals surface area contributed by atoms with E-state index in [0.29, 0.717) is 6.54 Å². The number of aryl methyl sites for hydroxylation is 1. The van der Waals surface area contributed by atoms with Crippen LogP contribution >= 0.6 is 0 Å². The first-order valence-electron chi connectivity index (χ1n) is 4.06. The minimum atomic E-state index is 0.633. The lowest BCUT2D eigenvalue weighted by Gasteiger charge is -2.03. The third-order valence-corrected chi connectivity index (χ3v) is 1.70. The first-order valence-corrected chi connectivity index (χ1v) is 4.06. The quantitative estimate of drug-likeness (QED) is 0.735. The molecule has 0 amide bonds. The standard InChI is InChI=1S/C10H14N2/c1-8(6-7-11)10-5-3-4-9(2)12-10/h3-5H,1,6-7,11H2,2H3. The van der Waals surface area contributed by atoms with Gasteiger partial charge < -0.3 is 5.73 Å². The molecule has 0 aliphatic heterocycles. The van der Waals surface area contributed by atoms with Crippen LogP contribution in [0.2, 0.25) is 0 Å². The van der Waals surface area contributed by atoms with E-state index < -0.39 is 0 Å². The second kappa shape index (κ2) is 4.02. The van der Waals surface area contributed by atoms with Crippen molar-refractivity contribution in [3.05, 3.63) is 36.2 Å². The highest BCUT2D eigenvalue weighted by Gasteiger charge is 1.98. The van der Waals surface area contributed by atoms with Gasteiger partial charge in [-0.05, 0) is 37.6 Å². The first kappa shape index (κ1) is 8.94. The predicted octanol–water partition coefficient (Wildman–Crippen LogP) is 1.75. The average Bonchev–Trinajstić information content (AvgIpc) is 2.05. The topological polar surface area (TPSA) is 38.9 Å². The number of rotatable bonds is 3. The Labute approximate surface area is 73.1 Å². The Hall–Kier alpha value is -1.15. The summed E-state index contributed by atoms with van der Waals surface area (Å²) < 4.78 is 0. The third-order valence-electron chi connectivity index (χ3n) is 1.70. The van der Waals surface area contributed by atoms with Crippen molar-refractivity contribution < 1.29 is 0 Å². The van der Waals surface area contributed by atoms with Crippen LogP contribution in [0.15, 0.2) is 24.8 Å². The molecule has 2 nitrogen and oxygen atoms in total. The van der Waals surface area contributed by atoms with E-state index in [1.54, 1.807) is 0 Å². The summed E-state index contributed by atoms with van der Waals surface area (Å²) in [6, 6.07) is 5.92. The van der Waals surface area contributed by atoms with Crippen LogP contribution in [0.3, 0.4) is 0 Å². The molecule has 64 valence electrons. The Morgan fingerprint density at radius 1 is 1.58 bits per heavy atom. The lowest BCUT2D eigenvalue weighted by atomic mass is 10.1. The van der Waals surface area contributed by atoms with Crippen LogP contribution in [0.1, 0.15) is 17.8 Å². The van der Waals surface area contributed by atoms with E-state index in [9.17, 15) is 0 Å². The maximum absolute atomic E-state index is 5.42. The zero-order chi connectivity index (χ0) is 8.97. The van der Waals surface area contributed by atoms with Gasteiger partial charge in [-0.3, -0.25) is 4.98 Å². The van der Waals surface area contributed by atoms with Crippen molar-refractivity contribution in [3.8, 4) is 0 Å². The molecule has 1 aromatic rings. The SMILES string of the molecule is C=C(CCN)c1cccc(C)n1. The van der Waals surface area contributed by atoms with Crippen LogP contribution in [-0.2, 0) is 0 Å². The Kier molecular flexibility index (Phi) is 3.00. The van der Waals surface area contributed by atoms with Crippen molar-refractivity contribution >= 4 is 5.57 Å². The number of aromatic nitrogens is 1. The van der Waals surface area contributed by atoms with Gasteiger partial charge in [0, 0.05) is 5.69 Å². The van der Waals surface area contributed by atoms with Crippen molar-refractivity contribution in [3.63, 3.8) is 0 Å². The predicted molar refractivity (Wildman–Crippen MR) is 51.7 cm³/mol. The van der Waals surface area contributed by atoms with Crippen molar-refractivity contribution in [1.29, 1.82) is 0 Å². The molecule has 0 atom stereocenters. The highest BCUT2D eigenvalue weighted by molar-refractivity contribution is 5.59. The van der Waals surface area contributed by atoms with Crippen LogP contribution in [0.25, 0.3) is 5.57 Å². The minimum absolute atomic E-state index is 0.633. The molecule has 0 saturated carbocycles. The molecular formula is C10H14N2. The fourth-order valence-electron chi connectivity index (χ4n) is 1.04. The van der Waals surface area contributed by atoms with Gasteiger partial charge in [0.1, 0.15) is 0 Å². The summed E-state index contributed by atoms with van der Waals surface area (Å²) in [5.41, 5.74) is 8.41. The zero-order valence-electron chi connectivity index (χ0n) is 7.38. The van der Waals surface area contributed by atoms with E-state index in [0.717, 1.165) is 23.4 Å². The summed E-state index contributed by atoms with van der Waals surface area (Å²) in [7, 11) is 0. The lowest BCUT2D eigenvalue weighted by molar-refractivity contribution is 1.01. The van der Waals surface area contributed by atoms with E-state index in [4.69, 9.17) is 5.73 Å². The Bertz CT molecular complexity index is 279. The van der Waals surface area contributed by atoms with Gasteiger partial charge in [0.2, 0.25) is 0 Å². The smallest absolute Gasteiger partial charge is 0.0659 e.